The van der Waals surface area contributed by atoms with E-state index >= 15 is 0 Å². The molecule has 1 fully saturated rings. The Bertz CT molecular complexity index is 432. The number of hydrogen-bond donors (Lipinski definition) is 0. The molecule has 0 amide bonds. The van der Waals surface area contributed by atoms with E-state index in [4.69, 9.17) is 25.8 Å². The predicted octanol–water partition coefficient (Wildman–Crippen LogP) is 2.52. The highest BCUT2D eigenvalue weighted by atomic mass is 35.5. The first-order valence-corrected chi connectivity index (χ1v) is 6.60. The van der Waals surface area contributed by atoms with E-state index in [9.17, 15) is 4.79 Å². The van der Waals surface area contributed by atoms with Gasteiger partial charge in [-0.15, -0.1) is 0 Å². The van der Waals surface area contributed by atoms with E-state index in [1.165, 1.54) is 0 Å². The second-order valence-electron chi connectivity index (χ2n) is 4.59. The fourth-order valence-corrected chi connectivity index (χ4v) is 2.31. The van der Waals surface area contributed by atoms with Crippen molar-refractivity contribution in [1.29, 1.82) is 0 Å². The maximum absolute atomic E-state index is 12.0. The van der Waals surface area contributed by atoms with Crippen LogP contribution >= 0.6 is 11.6 Å². The minimum absolute atomic E-state index is 0.304. The van der Waals surface area contributed by atoms with Gasteiger partial charge in [-0.25, -0.2) is 4.79 Å². The van der Waals surface area contributed by atoms with E-state index in [0.717, 1.165) is 5.56 Å². The molecule has 5 heteroatoms. The quantitative estimate of drug-likeness (QED) is 0.629. The van der Waals surface area contributed by atoms with Gasteiger partial charge >= 0.3 is 5.97 Å². The van der Waals surface area contributed by atoms with Gasteiger partial charge in [-0.2, -0.15) is 0 Å². The Kier molecular flexibility index (Phi) is 4.80. The number of carbonyl (C=O) groups is 1. The standard InChI is InChI=1S/C14H17ClO4/c1-9-3-5-10(6-4-9)14(16)19-11-7-13(15)18-12(11)8-17-2/h3-6,11-13H,7-8H2,1-2H3. The number of benzene rings is 1. The number of esters is 1. The fraction of sp³-hybridized carbons (Fsp3) is 0.500. The van der Waals surface area contributed by atoms with Crippen LogP contribution in [0.15, 0.2) is 24.3 Å². The lowest BCUT2D eigenvalue weighted by Gasteiger charge is -2.18. The molecule has 19 heavy (non-hydrogen) atoms. The van der Waals surface area contributed by atoms with Gasteiger partial charge in [-0.1, -0.05) is 29.3 Å². The van der Waals surface area contributed by atoms with Crippen LogP contribution in [-0.2, 0) is 14.2 Å². The van der Waals surface area contributed by atoms with Crippen LogP contribution in [-0.4, -0.2) is 37.5 Å². The number of ether oxygens (including phenoxy) is 3. The third-order valence-corrected chi connectivity index (χ3v) is 3.31. The highest BCUT2D eigenvalue weighted by molar-refractivity contribution is 6.19. The Morgan fingerprint density at radius 2 is 2.11 bits per heavy atom. The molecule has 0 aliphatic carbocycles. The van der Waals surface area contributed by atoms with Gasteiger partial charge in [0.05, 0.1) is 12.2 Å². The van der Waals surface area contributed by atoms with E-state index in [1.807, 2.05) is 19.1 Å². The zero-order chi connectivity index (χ0) is 13.8. The van der Waals surface area contributed by atoms with Gasteiger partial charge in [-0.05, 0) is 19.1 Å². The lowest BCUT2D eigenvalue weighted by Crippen LogP contribution is -2.30. The van der Waals surface area contributed by atoms with Crippen molar-refractivity contribution in [2.45, 2.75) is 31.1 Å². The molecule has 1 aliphatic rings. The normalized spacial score (nSPS) is 26.4. The Labute approximate surface area is 117 Å². The zero-order valence-corrected chi connectivity index (χ0v) is 11.7. The first-order chi connectivity index (χ1) is 9.10. The van der Waals surface area contributed by atoms with Crippen LogP contribution in [0.4, 0.5) is 0 Å². The summed E-state index contributed by atoms with van der Waals surface area (Å²) in [4.78, 5) is 12.0. The monoisotopic (exact) mass is 284 g/mol. The predicted molar refractivity (Wildman–Crippen MR) is 71.4 cm³/mol. The highest BCUT2D eigenvalue weighted by Gasteiger charge is 2.37. The fourth-order valence-electron chi connectivity index (χ4n) is 2.00. The molecule has 0 saturated carbocycles. The second-order valence-corrected chi connectivity index (χ2v) is 5.07. The zero-order valence-electron chi connectivity index (χ0n) is 11.0. The van der Waals surface area contributed by atoms with Crippen molar-refractivity contribution >= 4 is 17.6 Å². The molecule has 0 radical (unpaired) electrons. The van der Waals surface area contributed by atoms with Gasteiger partial charge < -0.3 is 14.2 Å². The average molecular weight is 285 g/mol. The Morgan fingerprint density at radius 3 is 2.74 bits per heavy atom. The molecule has 0 aromatic heterocycles. The van der Waals surface area contributed by atoms with Crippen LogP contribution in [0.1, 0.15) is 22.3 Å². The Morgan fingerprint density at radius 1 is 1.42 bits per heavy atom. The molecule has 0 spiro atoms. The van der Waals surface area contributed by atoms with E-state index in [0.29, 0.717) is 18.6 Å². The molecule has 3 unspecified atom stereocenters. The van der Waals surface area contributed by atoms with Gasteiger partial charge in [0.15, 0.2) is 0 Å². The molecule has 1 heterocycles. The summed E-state index contributed by atoms with van der Waals surface area (Å²) in [7, 11) is 1.57. The third kappa shape index (κ3) is 3.69. The number of hydrogen-bond acceptors (Lipinski definition) is 4. The number of alkyl halides is 1. The summed E-state index contributed by atoms with van der Waals surface area (Å²) in [5.41, 5.74) is 1.19. The van der Waals surface area contributed by atoms with E-state index in [-0.39, 0.29) is 18.2 Å². The molecule has 0 N–H and O–H groups in total. The molecule has 104 valence electrons. The summed E-state index contributed by atoms with van der Waals surface area (Å²) in [6.07, 6.45) is -0.189. The number of aryl methyl sites for hydroxylation is 1. The van der Waals surface area contributed by atoms with Crippen molar-refractivity contribution in [1.82, 2.24) is 0 Å². The van der Waals surface area contributed by atoms with Crippen molar-refractivity contribution in [2.24, 2.45) is 0 Å². The third-order valence-electron chi connectivity index (χ3n) is 3.03. The van der Waals surface area contributed by atoms with Gasteiger partial charge in [-0.3, -0.25) is 0 Å². The van der Waals surface area contributed by atoms with Gasteiger partial charge in [0, 0.05) is 13.5 Å². The molecule has 0 bridgehead atoms. The van der Waals surface area contributed by atoms with Gasteiger partial charge in [0.2, 0.25) is 0 Å². The average Bonchev–Trinajstić information content (AvgIpc) is 2.71. The summed E-state index contributed by atoms with van der Waals surface area (Å²) in [5.74, 6) is -0.361. The van der Waals surface area contributed by atoms with Crippen molar-refractivity contribution in [3.05, 3.63) is 35.4 Å². The van der Waals surface area contributed by atoms with E-state index in [2.05, 4.69) is 0 Å². The summed E-state index contributed by atoms with van der Waals surface area (Å²) in [6.45, 7) is 2.32. The molecule has 4 nitrogen and oxygen atoms in total. The van der Waals surface area contributed by atoms with Crippen molar-refractivity contribution in [2.75, 3.05) is 13.7 Å². The topological polar surface area (TPSA) is 44.8 Å². The van der Waals surface area contributed by atoms with Crippen LogP contribution in [0.5, 0.6) is 0 Å². The Hall–Kier alpha value is -1.10. The largest absolute Gasteiger partial charge is 0.456 e. The first kappa shape index (κ1) is 14.3. The molecule has 1 aromatic rings. The van der Waals surface area contributed by atoms with Crippen LogP contribution in [0.2, 0.25) is 0 Å². The minimum Gasteiger partial charge on any atom is -0.456 e. The molecule has 1 saturated heterocycles. The van der Waals surface area contributed by atoms with Crippen LogP contribution in [0, 0.1) is 6.92 Å². The highest BCUT2D eigenvalue weighted by Crippen LogP contribution is 2.26. The van der Waals surface area contributed by atoms with Crippen molar-refractivity contribution in [3.8, 4) is 0 Å². The number of carbonyl (C=O) groups excluding carboxylic acids is 1. The van der Waals surface area contributed by atoms with Crippen LogP contribution in [0.25, 0.3) is 0 Å². The molecule has 3 atom stereocenters. The Balaban J connectivity index is 1.99. The molecule has 2 rings (SSSR count). The summed E-state index contributed by atoms with van der Waals surface area (Å²) in [5, 5.41) is 0. The molecular weight excluding hydrogens is 268 g/mol. The maximum Gasteiger partial charge on any atom is 0.338 e. The van der Waals surface area contributed by atoms with Crippen molar-refractivity contribution in [3.63, 3.8) is 0 Å². The number of methoxy groups -OCH3 is 1. The summed E-state index contributed by atoms with van der Waals surface area (Å²) >= 11 is 5.92. The van der Waals surface area contributed by atoms with E-state index in [1.54, 1.807) is 19.2 Å². The maximum atomic E-state index is 12.0. The summed E-state index contributed by atoms with van der Waals surface area (Å²) < 4.78 is 15.9. The lowest BCUT2D eigenvalue weighted by molar-refractivity contribution is -0.0321. The summed E-state index contributed by atoms with van der Waals surface area (Å²) in [6, 6.07) is 7.24. The second kappa shape index (κ2) is 6.37. The number of halogens is 1. The lowest BCUT2D eigenvalue weighted by atomic mass is 10.1. The SMILES string of the molecule is COCC1OC(Cl)CC1OC(=O)c1ccc(C)cc1. The van der Waals surface area contributed by atoms with Gasteiger partial charge in [0.25, 0.3) is 0 Å². The van der Waals surface area contributed by atoms with Gasteiger partial charge in [0.1, 0.15) is 17.8 Å². The number of rotatable bonds is 4. The van der Waals surface area contributed by atoms with Crippen LogP contribution < -0.4 is 0 Å². The smallest absolute Gasteiger partial charge is 0.338 e. The molecule has 1 aliphatic heterocycles. The molecular formula is C14H17ClO4. The molecule has 1 aromatic carbocycles. The minimum atomic E-state index is -0.434. The van der Waals surface area contributed by atoms with Crippen molar-refractivity contribution < 1.29 is 19.0 Å². The van der Waals surface area contributed by atoms with Crippen LogP contribution in [0.3, 0.4) is 0 Å². The first-order valence-electron chi connectivity index (χ1n) is 6.16. The van der Waals surface area contributed by atoms with E-state index < -0.39 is 5.56 Å².